The van der Waals surface area contributed by atoms with Gasteiger partial charge in [-0.05, 0) is 29.8 Å². The number of amides is 2. The summed E-state index contributed by atoms with van der Waals surface area (Å²) in [5.41, 5.74) is 1.49. The van der Waals surface area contributed by atoms with Gasteiger partial charge in [-0.1, -0.05) is 26.0 Å². The van der Waals surface area contributed by atoms with Gasteiger partial charge in [0.15, 0.2) is 23.0 Å². The molecule has 10 heteroatoms. The van der Waals surface area contributed by atoms with Crippen LogP contribution in [0.2, 0.25) is 0 Å². The average Bonchev–Trinajstić information content (AvgIpc) is 3.23. The van der Waals surface area contributed by atoms with E-state index in [9.17, 15) is 14.7 Å². The number of hydrogen-bond acceptors (Lipinski definition) is 8. The number of carbonyl (C=O) groups excluding carboxylic acids is 2. The van der Waals surface area contributed by atoms with Crippen LogP contribution in [-0.2, 0) is 9.53 Å². The molecule has 0 fully saturated rings. The number of carbonyl (C=O) groups is 2. The summed E-state index contributed by atoms with van der Waals surface area (Å²) in [6, 6.07) is 9.50. The first-order chi connectivity index (χ1) is 15.2. The van der Waals surface area contributed by atoms with Crippen molar-refractivity contribution in [1.82, 2.24) is 5.48 Å². The van der Waals surface area contributed by atoms with Gasteiger partial charge in [0.1, 0.15) is 6.10 Å². The first-order valence-corrected chi connectivity index (χ1v) is 9.61. The molecule has 32 heavy (non-hydrogen) atoms. The Balaban J connectivity index is 1.86. The molecule has 1 heterocycles. The fourth-order valence-electron chi connectivity index (χ4n) is 3.16. The van der Waals surface area contributed by atoms with Gasteiger partial charge in [-0.3, -0.25) is 15.3 Å². The molecule has 0 radical (unpaired) electrons. The van der Waals surface area contributed by atoms with Crippen molar-refractivity contribution >= 4 is 17.7 Å². The van der Waals surface area contributed by atoms with Gasteiger partial charge in [0.25, 0.3) is 5.91 Å². The maximum atomic E-state index is 12.7. The summed E-state index contributed by atoms with van der Waals surface area (Å²) in [7, 11) is 1.42. The van der Waals surface area contributed by atoms with Gasteiger partial charge in [0, 0.05) is 23.2 Å². The quantitative estimate of drug-likeness (QED) is 0.289. The number of ether oxygens (including phenoxy) is 4. The number of anilines is 1. The summed E-state index contributed by atoms with van der Waals surface area (Å²) < 4.78 is 21.3. The lowest BCUT2D eigenvalue weighted by Crippen LogP contribution is -2.28. The fraction of sp³-hybridized carbons (Fsp3) is 0.273. The van der Waals surface area contributed by atoms with E-state index < -0.39 is 23.5 Å². The highest BCUT2D eigenvalue weighted by Crippen LogP contribution is 2.41. The van der Waals surface area contributed by atoms with E-state index in [-0.39, 0.29) is 18.3 Å². The zero-order valence-corrected chi connectivity index (χ0v) is 17.7. The molecule has 170 valence electrons. The van der Waals surface area contributed by atoms with Gasteiger partial charge in [0.2, 0.25) is 6.79 Å². The summed E-state index contributed by atoms with van der Waals surface area (Å²) in [4.78, 5) is 24.2. The number of hydroxylamine groups is 1. The molecule has 0 aliphatic carbocycles. The molecule has 0 saturated heterocycles. The SMILES string of the molecule is COc1ccc([C@H](OC(=O)Nc2ccc3c(c2)OCO3)C(C)(C)/C=C/C(=O)NO)cc1O. The maximum Gasteiger partial charge on any atom is 0.412 e. The standard InChI is InChI=1S/C22H24N2O8/c1-22(2,9-8-19(26)24-28)20(13-4-6-16(29-3)15(25)10-13)32-21(27)23-14-5-7-17-18(11-14)31-12-30-17/h4-11,20,25,28H,12H2,1-3H3,(H,23,27)(H,24,26)/b9-8+/t20-/m0/s1. The van der Waals surface area contributed by atoms with Crippen LogP contribution in [0.4, 0.5) is 10.5 Å². The average molecular weight is 444 g/mol. The van der Waals surface area contributed by atoms with Gasteiger partial charge >= 0.3 is 6.09 Å². The van der Waals surface area contributed by atoms with E-state index in [1.54, 1.807) is 38.1 Å². The highest BCUT2D eigenvalue weighted by molar-refractivity contribution is 5.87. The van der Waals surface area contributed by atoms with Crippen molar-refractivity contribution in [2.24, 2.45) is 5.41 Å². The summed E-state index contributed by atoms with van der Waals surface area (Å²) in [5, 5.41) is 21.6. The third-order valence-electron chi connectivity index (χ3n) is 4.80. The molecule has 2 aromatic rings. The molecule has 2 aromatic carbocycles. The summed E-state index contributed by atoms with van der Waals surface area (Å²) >= 11 is 0. The molecule has 0 saturated carbocycles. The normalized spacial score (nSPS) is 13.5. The summed E-state index contributed by atoms with van der Waals surface area (Å²) in [6.07, 6.45) is 0.918. The highest BCUT2D eigenvalue weighted by Gasteiger charge is 2.33. The fourth-order valence-corrected chi connectivity index (χ4v) is 3.16. The maximum absolute atomic E-state index is 12.7. The first kappa shape index (κ1) is 22.8. The van der Waals surface area contributed by atoms with Crippen molar-refractivity contribution in [2.45, 2.75) is 20.0 Å². The number of aromatic hydroxyl groups is 1. The van der Waals surface area contributed by atoms with Crippen molar-refractivity contribution in [3.63, 3.8) is 0 Å². The minimum absolute atomic E-state index is 0.105. The van der Waals surface area contributed by atoms with Gasteiger partial charge in [-0.15, -0.1) is 0 Å². The largest absolute Gasteiger partial charge is 0.504 e. The topological polar surface area (TPSA) is 136 Å². The van der Waals surface area contributed by atoms with E-state index in [4.69, 9.17) is 24.2 Å². The van der Waals surface area contributed by atoms with Crippen LogP contribution >= 0.6 is 0 Å². The van der Waals surface area contributed by atoms with E-state index >= 15 is 0 Å². The zero-order valence-electron chi connectivity index (χ0n) is 17.7. The molecule has 1 atom stereocenters. The summed E-state index contributed by atoms with van der Waals surface area (Å²) in [6.45, 7) is 3.57. The van der Waals surface area contributed by atoms with Crippen LogP contribution in [0.25, 0.3) is 0 Å². The number of hydrogen-bond donors (Lipinski definition) is 4. The lowest BCUT2D eigenvalue weighted by atomic mass is 9.82. The molecular formula is C22H24N2O8. The van der Waals surface area contributed by atoms with Crippen LogP contribution in [0.3, 0.4) is 0 Å². The molecule has 0 aromatic heterocycles. The number of methoxy groups -OCH3 is 1. The Morgan fingerprint density at radius 2 is 1.91 bits per heavy atom. The zero-order chi connectivity index (χ0) is 23.3. The third-order valence-corrected chi connectivity index (χ3v) is 4.80. The number of fused-ring (bicyclic) bond motifs is 1. The van der Waals surface area contributed by atoms with Gasteiger partial charge in [0.05, 0.1) is 7.11 Å². The third kappa shape index (κ3) is 5.22. The van der Waals surface area contributed by atoms with E-state index in [1.165, 1.54) is 30.8 Å². The van der Waals surface area contributed by atoms with Crippen molar-refractivity contribution in [1.29, 1.82) is 0 Å². The van der Waals surface area contributed by atoms with Crippen LogP contribution in [0.1, 0.15) is 25.5 Å². The molecule has 3 rings (SSSR count). The van der Waals surface area contributed by atoms with Gasteiger partial charge in [-0.2, -0.15) is 0 Å². The molecule has 10 nitrogen and oxygen atoms in total. The first-order valence-electron chi connectivity index (χ1n) is 9.61. The molecular weight excluding hydrogens is 420 g/mol. The molecule has 0 bridgehead atoms. The highest BCUT2D eigenvalue weighted by atomic mass is 16.7. The minimum Gasteiger partial charge on any atom is -0.504 e. The van der Waals surface area contributed by atoms with Crippen molar-refractivity contribution in [3.8, 4) is 23.0 Å². The van der Waals surface area contributed by atoms with Crippen molar-refractivity contribution in [2.75, 3.05) is 19.2 Å². The number of benzene rings is 2. The Morgan fingerprint density at radius 3 is 2.59 bits per heavy atom. The van der Waals surface area contributed by atoms with E-state index in [0.29, 0.717) is 22.7 Å². The van der Waals surface area contributed by atoms with E-state index in [0.717, 1.165) is 6.08 Å². The number of phenolic OH excluding ortho intramolecular Hbond substituents is 1. The Kier molecular flexibility index (Phi) is 6.74. The lowest BCUT2D eigenvalue weighted by molar-refractivity contribution is -0.124. The van der Waals surface area contributed by atoms with Crippen LogP contribution in [0.5, 0.6) is 23.0 Å². The Bertz CT molecular complexity index is 1030. The van der Waals surface area contributed by atoms with E-state index in [2.05, 4.69) is 5.32 Å². The number of phenols is 1. The molecule has 0 spiro atoms. The minimum atomic E-state index is -0.920. The van der Waals surface area contributed by atoms with Gasteiger partial charge < -0.3 is 24.1 Å². The predicted molar refractivity (Wildman–Crippen MR) is 113 cm³/mol. The van der Waals surface area contributed by atoms with Gasteiger partial charge in [-0.25, -0.2) is 10.3 Å². The number of rotatable bonds is 7. The van der Waals surface area contributed by atoms with Crippen LogP contribution in [0.15, 0.2) is 48.6 Å². The van der Waals surface area contributed by atoms with E-state index in [1.807, 2.05) is 0 Å². The molecule has 1 aliphatic heterocycles. The number of nitrogens with one attached hydrogen (secondary N) is 2. The Labute approximate surface area is 184 Å². The second kappa shape index (κ2) is 9.48. The smallest absolute Gasteiger partial charge is 0.412 e. The molecule has 4 N–H and O–H groups in total. The van der Waals surface area contributed by atoms with Crippen LogP contribution in [-0.4, -0.2) is 36.2 Å². The second-order valence-electron chi connectivity index (χ2n) is 7.54. The molecule has 1 aliphatic rings. The van der Waals surface area contributed by atoms with Crippen molar-refractivity contribution in [3.05, 3.63) is 54.1 Å². The predicted octanol–water partition coefficient (Wildman–Crippen LogP) is 3.51. The second-order valence-corrected chi connectivity index (χ2v) is 7.54. The molecule has 2 amide bonds. The molecule has 0 unspecified atom stereocenters. The Hall–Kier alpha value is -3.92. The van der Waals surface area contributed by atoms with Crippen LogP contribution < -0.4 is 25.0 Å². The lowest BCUT2D eigenvalue weighted by Gasteiger charge is -2.32. The summed E-state index contributed by atoms with van der Waals surface area (Å²) in [5.74, 6) is 0.453. The monoisotopic (exact) mass is 444 g/mol. The Morgan fingerprint density at radius 1 is 1.16 bits per heavy atom. The van der Waals surface area contributed by atoms with Crippen molar-refractivity contribution < 1.29 is 38.9 Å². The van der Waals surface area contributed by atoms with Crippen LogP contribution in [0, 0.1) is 5.41 Å².